The SMILES string of the molecule is COc1cccc(C2=CN(C(=O)c3ccccc3)C(C(C)C)C(=O)N2N(C(C)=O)[C@@H](Cc2ccccc2)C(O)C(=O)OC(C)C)c1. The second-order valence-corrected chi connectivity index (χ2v) is 11.7. The zero-order valence-corrected chi connectivity index (χ0v) is 27.0. The molecule has 0 bridgehead atoms. The van der Waals surface area contributed by atoms with Crippen molar-refractivity contribution in [3.8, 4) is 5.75 Å². The number of hydrogen-bond acceptors (Lipinski definition) is 7. The molecule has 1 aliphatic heterocycles. The molecule has 0 fully saturated rings. The molecule has 2 unspecified atom stereocenters. The number of nitrogens with zero attached hydrogens (tertiary/aromatic N) is 3. The summed E-state index contributed by atoms with van der Waals surface area (Å²) in [6, 6.07) is 22.2. The van der Waals surface area contributed by atoms with Crippen LogP contribution in [0.2, 0.25) is 0 Å². The standard InChI is InChI=1S/C36H41N3O7/c1-23(2)32-35(43)39(38(25(5)40)30(20-26-14-9-7-10-15-26)33(41)36(44)46-24(3)4)31(28-18-13-19-29(21-28)45-6)22-37(32)34(42)27-16-11-8-12-17-27/h7-19,21-24,30,32-33,41H,20H2,1-6H3/t30-,32?,33?/m0/s1. The van der Waals surface area contributed by atoms with Gasteiger partial charge >= 0.3 is 5.97 Å². The number of esters is 1. The van der Waals surface area contributed by atoms with Crippen molar-refractivity contribution in [1.82, 2.24) is 14.9 Å². The lowest BCUT2D eigenvalue weighted by Crippen LogP contribution is -2.64. The van der Waals surface area contributed by atoms with Crippen LogP contribution >= 0.6 is 0 Å². The van der Waals surface area contributed by atoms with E-state index in [0.29, 0.717) is 22.4 Å². The third-order valence-corrected chi connectivity index (χ3v) is 7.60. The Morgan fingerprint density at radius 1 is 0.913 bits per heavy atom. The van der Waals surface area contributed by atoms with Crippen LogP contribution in [0.1, 0.15) is 56.1 Å². The third kappa shape index (κ3) is 7.46. The van der Waals surface area contributed by atoms with Crippen LogP contribution in [0, 0.1) is 5.92 Å². The van der Waals surface area contributed by atoms with Crippen LogP contribution in [-0.2, 0) is 25.5 Å². The van der Waals surface area contributed by atoms with Gasteiger partial charge in [0.2, 0.25) is 5.91 Å². The van der Waals surface area contributed by atoms with E-state index in [1.54, 1.807) is 98.9 Å². The van der Waals surface area contributed by atoms with Gasteiger partial charge in [-0.05, 0) is 56.0 Å². The van der Waals surface area contributed by atoms with Gasteiger partial charge in [-0.2, -0.15) is 0 Å². The number of aliphatic hydroxyl groups is 1. The minimum atomic E-state index is -1.81. The fourth-order valence-corrected chi connectivity index (χ4v) is 5.52. The number of ether oxygens (including phenoxy) is 2. The first-order valence-corrected chi connectivity index (χ1v) is 15.2. The molecule has 10 heteroatoms. The van der Waals surface area contributed by atoms with Gasteiger partial charge in [-0.3, -0.25) is 19.3 Å². The molecule has 46 heavy (non-hydrogen) atoms. The van der Waals surface area contributed by atoms with E-state index in [1.807, 2.05) is 19.9 Å². The molecule has 3 aromatic carbocycles. The van der Waals surface area contributed by atoms with Crippen molar-refractivity contribution in [2.45, 2.75) is 65.3 Å². The Labute approximate surface area is 269 Å². The molecule has 3 aromatic rings. The summed E-state index contributed by atoms with van der Waals surface area (Å²) in [6.07, 6.45) is -0.780. The Balaban J connectivity index is 1.96. The number of hydrazine groups is 1. The summed E-state index contributed by atoms with van der Waals surface area (Å²) in [7, 11) is 1.51. The van der Waals surface area contributed by atoms with E-state index in [9.17, 15) is 24.3 Å². The fraction of sp³-hybridized carbons (Fsp3) is 0.333. The summed E-state index contributed by atoms with van der Waals surface area (Å²) in [5, 5.41) is 13.8. The number of rotatable bonds is 11. The molecule has 4 rings (SSSR count). The number of aliphatic hydroxyl groups excluding tert-OH is 1. The minimum absolute atomic E-state index is 0.0168. The maximum Gasteiger partial charge on any atom is 0.337 e. The molecule has 0 spiro atoms. The summed E-state index contributed by atoms with van der Waals surface area (Å²) < 4.78 is 10.8. The predicted molar refractivity (Wildman–Crippen MR) is 173 cm³/mol. The molecule has 1 aliphatic rings. The molecule has 0 saturated carbocycles. The number of carbonyl (C=O) groups excluding carboxylic acids is 4. The molecule has 1 heterocycles. The molecule has 0 aliphatic carbocycles. The Hall–Kier alpha value is -4.96. The Morgan fingerprint density at radius 2 is 1.54 bits per heavy atom. The average molecular weight is 628 g/mol. The van der Waals surface area contributed by atoms with E-state index in [-0.39, 0.29) is 18.0 Å². The monoisotopic (exact) mass is 627 g/mol. The molecule has 0 aromatic heterocycles. The van der Waals surface area contributed by atoms with Crippen LogP contribution in [0.25, 0.3) is 5.70 Å². The highest BCUT2D eigenvalue weighted by Crippen LogP contribution is 2.35. The van der Waals surface area contributed by atoms with E-state index in [0.717, 1.165) is 5.01 Å². The van der Waals surface area contributed by atoms with Gasteiger partial charge in [0.1, 0.15) is 11.8 Å². The van der Waals surface area contributed by atoms with Gasteiger partial charge in [-0.15, -0.1) is 0 Å². The summed E-state index contributed by atoms with van der Waals surface area (Å²) >= 11 is 0. The van der Waals surface area contributed by atoms with E-state index >= 15 is 0 Å². The normalized spacial score (nSPS) is 16.2. The van der Waals surface area contributed by atoms with Crippen LogP contribution in [0.4, 0.5) is 0 Å². The Bertz CT molecular complexity index is 1570. The van der Waals surface area contributed by atoms with Gasteiger partial charge in [0.25, 0.3) is 11.8 Å². The van der Waals surface area contributed by atoms with Crippen LogP contribution in [0.5, 0.6) is 5.75 Å². The predicted octanol–water partition coefficient (Wildman–Crippen LogP) is 4.69. The maximum atomic E-state index is 14.8. The first-order valence-electron chi connectivity index (χ1n) is 15.2. The second kappa shape index (κ2) is 14.9. The molecular weight excluding hydrogens is 586 g/mol. The van der Waals surface area contributed by atoms with Crippen LogP contribution in [-0.4, -0.2) is 75.1 Å². The highest BCUT2D eigenvalue weighted by Gasteiger charge is 2.47. The lowest BCUT2D eigenvalue weighted by atomic mass is 9.96. The molecule has 0 radical (unpaired) electrons. The van der Waals surface area contributed by atoms with Crippen molar-refractivity contribution in [3.63, 3.8) is 0 Å². The van der Waals surface area contributed by atoms with Gasteiger partial charge < -0.3 is 14.6 Å². The number of hydrogen-bond donors (Lipinski definition) is 1. The quantitative estimate of drug-likeness (QED) is 0.307. The maximum absolute atomic E-state index is 14.8. The van der Waals surface area contributed by atoms with E-state index in [1.165, 1.54) is 23.9 Å². The first kappa shape index (κ1) is 33.9. The third-order valence-electron chi connectivity index (χ3n) is 7.60. The Morgan fingerprint density at radius 3 is 2.11 bits per heavy atom. The smallest absolute Gasteiger partial charge is 0.337 e. The highest BCUT2D eigenvalue weighted by atomic mass is 16.6. The summed E-state index contributed by atoms with van der Waals surface area (Å²) in [5.74, 6) is -2.43. The van der Waals surface area contributed by atoms with Crippen molar-refractivity contribution >= 4 is 29.4 Å². The molecule has 1 N–H and O–H groups in total. The highest BCUT2D eigenvalue weighted by molar-refractivity contribution is 6.03. The average Bonchev–Trinajstić information content (AvgIpc) is 3.04. The van der Waals surface area contributed by atoms with Gasteiger partial charge in [0.15, 0.2) is 6.10 Å². The largest absolute Gasteiger partial charge is 0.497 e. The molecule has 3 amide bonds. The van der Waals surface area contributed by atoms with Gasteiger partial charge in [0, 0.05) is 24.3 Å². The molecule has 0 saturated heterocycles. The molecule has 242 valence electrons. The van der Waals surface area contributed by atoms with E-state index in [2.05, 4.69) is 0 Å². The minimum Gasteiger partial charge on any atom is -0.497 e. The van der Waals surface area contributed by atoms with Crippen LogP contribution in [0.3, 0.4) is 0 Å². The molecule has 3 atom stereocenters. The summed E-state index contributed by atoms with van der Waals surface area (Å²) in [6.45, 7) is 8.20. The lowest BCUT2D eigenvalue weighted by Gasteiger charge is -2.47. The van der Waals surface area contributed by atoms with Crippen molar-refractivity contribution in [1.29, 1.82) is 0 Å². The van der Waals surface area contributed by atoms with Gasteiger partial charge in [-0.1, -0.05) is 74.5 Å². The van der Waals surface area contributed by atoms with Crippen LogP contribution < -0.4 is 4.74 Å². The van der Waals surface area contributed by atoms with Gasteiger partial charge in [-0.25, -0.2) is 14.8 Å². The first-order chi connectivity index (χ1) is 21.9. The van der Waals surface area contributed by atoms with Crippen LogP contribution in [0.15, 0.2) is 91.1 Å². The number of methoxy groups -OCH3 is 1. The van der Waals surface area contributed by atoms with Crippen molar-refractivity contribution in [2.24, 2.45) is 5.92 Å². The lowest BCUT2D eigenvalue weighted by molar-refractivity contribution is -0.177. The summed E-state index contributed by atoms with van der Waals surface area (Å²) in [5.41, 5.74) is 1.74. The number of benzene rings is 3. The van der Waals surface area contributed by atoms with E-state index in [4.69, 9.17) is 9.47 Å². The number of carbonyl (C=O) groups is 4. The van der Waals surface area contributed by atoms with Crippen molar-refractivity contribution in [3.05, 3.63) is 108 Å². The van der Waals surface area contributed by atoms with E-state index < -0.39 is 48.0 Å². The number of amides is 3. The molecule has 10 nitrogen and oxygen atoms in total. The van der Waals surface area contributed by atoms with Crippen molar-refractivity contribution in [2.75, 3.05) is 7.11 Å². The molecular formula is C36H41N3O7. The second-order valence-electron chi connectivity index (χ2n) is 11.7. The summed E-state index contributed by atoms with van der Waals surface area (Å²) in [4.78, 5) is 57.0. The zero-order chi connectivity index (χ0) is 33.5. The zero-order valence-electron chi connectivity index (χ0n) is 27.0. The Kier molecular flexibility index (Phi) is 11.0. The topological polar surface area (TPSA) is 117 Å². The van der Waals surface area contributed by atoms with Crippen molar-refractivity contribution < 1.29 is 33.8 Å². The van der Waals surface area contributed by atoms with Gasteiger partial charge in [0.05, 0.1) is 25.0 Å². The fourth-order valence-electron chi connectivity index (χ4n) is 5.52.